The Morgan fingerprint density at radius 1 is 1.02 bits per heavy atom. The van der Waals surface area contributed by atoms with Crippen LogP contribution in [0.2, 0.25) is 0 Å². The summed E-state index contributed by atoms with van der Waals surface area (Å²) >= 11 is 3.00. The second-order valence-corrected chi connectivity index (χ2v) is 13.0. The van der Waals surface area contributed by atoms with E-state index in [4.69, 9.17) is 14.8 Å². The van der Waals surface area contributed by atoms with Crippen LogP contribution in [0.1, 0.15) is 39.0 Å². The van der Waals surface area contributed by atoms with E-state index in [2.05, 4.69) is 4.90 Å². The van der Waals surface area contributed by atoms with Gasteiger partial charge in [0.15, 0.2) is 6.10 Å². The van der Waals surface area contributed by atoms with Gasteiger partial charge in [0.2, 0.25) is 0 Å². The zero-order valence-electron chi connectivity index (χ0n) is 25.0. The second kappa shape index (κ2) is 14.2. The van der Waals surface area contributed by atoms with Gasteiger partial charge >= 0.3 is 12.1 Å². The molecule has 46 heavy (non-hydrogen) atoms. The molecule has 0 aliphatic carbocycles. The molecule has 242 valence electrons. The molecule has 1 aliphatic heterocycles. The average molecular weight is 674 g/mol. The maximum atomic E-state index is 13.3. The van der Waals surface area contributed by atoms with Crippen LogP contribution in [0.25, 0.3) is 10.6 Å². The number of hydrogen-bond donors (Lipinski definition) is 1. The SMILES string of the molecule is Cc1cc(SCc2sc(-c3ccc(C(F)(F)F)cc3)nc2CN2CCN(C(=O)c3ccc(F)cc3)CC2)ccc1OC(C)C(=O)O. The Morgan fingerprint density at radius 3 is 2.30 bits per heavy atom. The molecule has 4 aromatic rings. The Balaban J connectivity index is 1.31. The van der Waals surface area contributed by atoms with Crippen LogP contribution in [-0.2, 0) is 23.3 Å². The Bertz CT molecular complexity index is 1690. The molecule has 1 fully saturated rings. The molecule has 1 unspecified atom stereocenters. The Kier molecular flexibility index (Phi) is 10.3. The Morgan fingerprint density at radius 2 is 1.70 bits per heavy atom. The first kappa shape index (κ1) is 33.4. The number of piperazine rings is 1. The monoisotopic (exact) mass is 673 g/mol. The lowest BCUT2D eigenvalue weighted by Crippen LogP contribution is -2.48. The van der Waals surface area contributed by atoms with E-state index in [0.717, 1.165) is 33.2 Å². The number of carbonyl (C=O) groups excluding carboxylic acids is 1. The van der Waals surface area contributed by atoms with Crippen molar-refractivity contribution in [1.29, 1.82) is 0 Å². The predicted molar refractivity (Wildman–Crippen MR) is 169 cm³/mol. The number of benzene rings is 3. The first-order chi connectivity index (χ1) is 21.9. The normalized spacial score (nSPS) is 14.7. The molecule has 3 aromatic carbocycles. The summed E-state index contributed by atoms with van der Waals surface area (Å²) in [5, 5.41) is 9.77. The fourth-order valence-corrected chi connectivity index (χ4v) is 7.05. The molecule has 7 nitrogen and oxygen atoms in total. The zero-order valence-corrected chi connectivity index (χ0v) is 26.6. The quantitative estimate of drug-likeness (QED) is 0.139. The molecule has 13 heteroatoms. The number of halogens is 4. The van der Waals surface area contributed by atoms with Gasteiger partial charge in [0.1, 0.15) is 16.6 Å². The first-order valence-electron chi connectivity index (χ1n) is 14.4. The molecular formula is C33H31F4N3O4S2. The summed E-state index contributed by atoms with van der Waals surface area (Å²) < 4.78 is 58.3. The van der Waals surface area contributed by atoms with Crippen LogP contribution >= 0.6 is 23.1 Å². The van der Waals surface area contributed by atoms with Crippen molar-refractivity contribution in [2.75, 3.05) is 26.2 Å². The topological polar surface area (TPSA) is 83.0 Å². The van der Waals surface area contributed by atoms with Gasteiger partial charge in [0, 0.05) is 59.4 Å². The summed E-state index contributed by atoms with van der Waals surface area (Å²) in [5.41, 5.74) is 1.91. The highest BCUT2D eigenvalue weighted by Crippen LogP contribution is 2.36. The van der Waals surface area contributed by atoms with Crippen LogP contribution in [0, 0.1) is 12.7 Å². The minimum atomic E-state index is -4.43. The number of aliphatic carboxylic acids is 1. The van der Waals surface area contributed by atoms with E-state index in [1.54, 1.807) is 22.7 Å². The second-order valence-electron chi connectivity index (χ2n) is 10.9. The number of rotatable bonds is 10. The lowest BCUT2D eigenvalue weighted by atomic mass is 10.1. The molecule has 1 N–H and O–H groups in total. The molecule has 0 saturated carbocycles. The number of nitrogens with zero attached hydrogens (tertiary/aromatic N) is 3. The van der Waals surface area contributed by atoms with Crippen molar-refractivity contribution in [1.82, 2.24) is 14.8 Å². The van der Waals surface area contributed by atoms with E-state index in [1.165, 1.54) is 54.7 Å². The maximum absolute atomic E-state index is 13.3. The molecule has 1 atom stereocenters. The third-order valence-corrected chi connectivity index (χ3v) is 9.88. The number of hydrogen-bond acceptors (Lipinski definition) is 7. The van der Waals surface area contributed by atoms with E-state index in [9.17, 15) is 27.2 Å². The van der Waals surface area contributed by atoms with Crippen LogP contribution in [0.5, 0.6) is 5.75 Å². The number of carboxylic acids is 1. The van der Waals surface area contributed by atoms with Crippen molar-refractivity contribution in [2.45, 2.75) is 43.3 Å². The summed E-state index contributed by atoms with van der Waals surface area (Å²) in [5.74, 6) is -0.568. The molecule has 1 amide bonds. The molecule has 0 spiro atoms. The van der Waals surface area contributed by atoms with Crippen LogP contribution in [0.15, 0.2) is 71.6 Å². The fourth-order valence-electron chi connectivity index (χ4n) is 4.87. The zero-order chi connectivity index (χ0) is 33.0. The lowest BCUT2D eigenvalue weighted by Gasteiger charge is -2.34. The van der Waals surface area contributed by atoms with Crippen LogP contribution in [0.4, 0.5) is 17.6 Å². The minimum Gasteiger partial charge on any atom is -0.479 e. The number of carboxylic acid groups (broad SMARTS) is 1. The molecule has 1 aromatic heterocycles. The van der Waals surface area contributed by atoms with E-state index in [0.29, 0.717) is 60.4 Å². The number of thioether (sulfide) groups is 1. The molecule has 0 radical (unpaired) electrons. The van der Waals surface area contributed by atoms with Crippen molar-refractivity contribution >= 4 is 35.0 Å². The largest absolute Gasteiger partial charge is 0.479 e. The van der Waals surface area contributed by atoms with Gasteiger partial charge in [-0.3, -0.25) is 9.69 Å². The van der Waals surface area contributed by atoms with Gasteiger partial charge in [-0.05, 0) is 74.0 Å². The van der Waals surface area contributed by atoms with Crippen LogP contribution in [-0.4, -0.2) is 64.0 Å². The predicted octanol–water partition coefficient (Wildman–Crippen LogP) is 7.38. The summed E-state index contributed by atoms with van der Waals surface area (Å²) in [7, 11) is 0. The summed E-state index contributed by atoms with van der Waals surface area (Å²) in [6, 6.07) is 16.0. The molecular weight excluding hydrogens is 643 g/mol. The highest BCUT2D eigenvalue weighted by atomic mass is 32.2. The lowest BCUT2D eigenvalue weighted by molar-refractivity contribution is -0.144. The smallest absolute Gasteiger partial charge is 0.416 e. The number of carbonyl (C=O) groups is 2. The molecule has 5 rings (SSSR count). The maximum Gasteiger partial charge on any atom is 0.416 e. The average Bonchev–Trinajstić information content (AvgIpc) is 3.43. The highest BCUT2D eigenvalue weighted by Gasteiger charge is 2.30. The summed E-state index contributed by atoms with van der Waals surface area (Å²) in [6.07, 6.45) is -5.41. The first-order valence-corrected chi connectivity index (χ1v) is 16.2. The highest BCUT2D eigenvalue weighted by molar-refractivity contribution is 7.98. The standard InChI is InChI=1S/C33H31F4N3O4S2/c1-20-17-26(11-12-28(20)44-21(2)32(42)43)45-19-29-27(38-30(46-29)22-3-7-24(8-4-22)33(35,36)37)18-39-13-15-40(16-14-39)31(41)23-5-9-25(34)10-6-23/h3-12,17,21H,13-16,18-19H2,1-2H3,(H,42,43). The Labute approximate surface area is 271 Å². The fraction of sp³-hybridized carbons (Fsp3) is 0.303. The van der Waals surface area contributed by atoms with Gasteiger partial charge < -0.3 is 14.7 Å². The van der Waals surface area contributed by atoms with Gasteiger partial charge in [-0.1, -0.05) is 12.1 Å². The van der Waals surface area contributed by atoms with E-state index < -0.39 is 29.6 Å². The van der Waals surface area contributed by atoms with Crippen molar-refractivity contribution in [3.8, 4) is 16.3 Å². The van der Waals surface area contributed by atoms with Gasteiger partial charge in [0.25, 0.3) is 5.91 Å². The van der Waals surface area contributed by atoms with E-state index >= 15 is 0 Å². The van der Waals surface area contributed by atoms with Crippen molar-refractivity contribution < 1.29 is 37.0 Å². The van der Waals surface area contributed by atoms with Crippen LogP contribution < -0.4 is 4.74 Å². The van der Waals surface area contributed by atoms with E-state index in [-0.39, 0.29) is 5.91 Å². The third kappa shape index (κ3) is 8.25. The van der Waals surface area contributed by atoms with Gasteiger partial charge in [-0.2, -0.15) is 13.2 Å². The summed E-state index contributed by atoms with van der Waals surface area (Å²) in [4.78, 5) is 34.8. The van der Waals surface area contributed by atoms with Gasteiger partial charge in [-0.25, -0.2) is 14.2 Å². The van der Waals surface area contributed by atoms with Crippen molar-refractivity contribution in [3.05, 3.63) is 99.8 Å². The minimum absolute atomic E-state index is 0.154. The number of ether oxygens (including phenoxy) is 1. The molecule has 1 saturated heterocycles. The summed E-state index contributed by atoms with van der Waals surface area (Å²) in [6.45, 7) is 5.99. The number of aromatic nitrogens is 1. The number of amides is 1. The van der Waals surface area contributed by atoms with Crippen molar-refractivity contribution in [3.63, 3.8) is 0 Å². The Hall–Kier alpha value is -3.94. The molecule has 0 bridgehead atoms. The number of thiazole rings is 1. The number of alkyl halides is 3. The van der Waals surface area contributed by atoms with Crippen molar-refractivity contribution in [2.24, 2.45) is 0 Å². The molecule has 2 heterocycles. The van der Waals surface area contributed by atoms with Gasteiger partial charge in [0.05, 0.1) is 11.3 Å². The van der Waals surface area contributed by atoms with Gasteiger partial charge in [-0.15, -0.1) is 23.1 Å². The number of aryl methyl sites for hydroxylation is 1. The van der Waals surface area contributed by atoms with Crippen LogP contribution in [0.3, 0.4) is 0 Å². The molecule has 1 aliphatic rings. The van der Waals surface area contributed by atoms with E-state index in [1.807, 2.05) is 19.1 Å². The third-order valence-electron chi connectivity index (χ3n) is 7.53.